The topological polar surface area (TPSA) is 64.1 Å². The van der Waals surface area contributed by atoms with E-state index in [4.69, 9.17) is 4.74 Å². The predicted octanol–water partition coefficient (Wildman–Crippen LogP) is 4.59. The fourth-order valence-corrected chi connectivity index (χ4v) is 3.45. The molecule has 2 aromatic heterocycles. The minimum absolute atomic E-state index is 0.0328. The maximum Gasteiger partial charge on any atom is 0.274 e. The highest BCUT2D eigenvalue weighted by molar-refractivity contribution is 6.04. The summed E-state index contributed by atoms with van der Waals surface area (Å²) in [7, 11) is 0. The number of benzene rings is 1. The summed E-state index contributed by atoms with van der Waals surface area (Å²) in [5, 5.41) is 4.56. The van der Waals surface area contributed by atoms with Gasteiger partial charge in [0.2, 0.25) is 11.8 Å². The molecule has 6 heteroatoms. The molecule has 1 aliphatic carbocycles. The van der Waals surface area contributed by atoms with Gasteiger partial charge in [-0.15, -0.1) is 0 Å². The summed E-state index contributed by atoms with van der Waals surface area (Å²) < 4.78 is 19.1. The van der Waals surface area contributed by atoms with Crippen molar-refractivity contribution < 1.29 is 13.9 Å². The maximum absolute atomic E-state index is 13.2. The third-order valence-corrected chi connectivity index (χ3v) is 4.86. The van der Waals surface area contributed by atoms with Crippen LogP contribution < -0.4 is 10.1 Å². The SMILES string of the molecule is O=C(Nc1ccc2c(OCC3CCCC3)nccc2c1)c1cccc(F)n1. The Hall–Kier alpha value is -3.02. The lowest BCUT2D eigenvalue weighted by Crippen LogP contribution is -2.14. The number of ether oxygens (including phenoxy) is 1. The summed E-state index contributed by atoms with van der Waals surface area (Å²) in [6.07, 6.45) is 6.69. The van der Waals surface area contributed by atoms with Crippen molar-refractivity contribution in [2.45, 2.75) is 25.7 Å². The number of carbonyl (C=O) groups is 1. The lowest BCUT2D eigenvalue weighted by Gasteiger charge is -2.13. The summed E-state index contributed by atoms with van der Waals surface area (Å²) in [5.74, 6) is 0.0837. The second kappa shape index (κ2) is 7.70. The number of aromatic nitrogens is 2. The highest BCUT2D eigenvalue weighted by Gasteiger charge is 2.16. The second-order valence-electron chi connectivity index (χ2n) is 6.81. The Balaban J connectivity index is 1.51. The Labute approximate surface area is 156 Å². The number of pyridine rings is 2. The van der Waals surface area contributed by atoms with Gasteiger partial charge in [0.15, 0.2) is 0 Å². The molecular weight excluding hydrogens is 345 g/mol. The van der Waals surface area contributed by atoms with Gasteiger partial charge in [-0.25, -0.2) is 9.97 Å². The van der Waals surface area contributed by atoms with E-state index in [9.17, 15) is 9.18 Å². The zero-order chi connectivity index (χ0) is 18.6. The normalized spacial score (nSPS) is 14.4. The number of nitrogens with one attached hydrogen (secondary N) is 1. The molecular formula is C21H20FN3O2. The molecule has 5 nitrogen and oxygen atoms in total. The Kier molecular flexibility index (Phi) is 4.96. The van der Waals surface area contributed by atoms with Crippen LogP contribution in [0.25, 0.3) is 10.8 Å². The predicted molar refractivity (Wildman–Crippen MR) is 101 cm³/mol. The molecule has 1 N–H and O–H groups in total. The van der Waals surface area contributed by atoms with Gasteiger partial charge in [-0.05, 0) is 60.5 Å². The van der Waals surface area contributed by atoms with Crippen molar-refractivity contribution in [3.05, 3.63) is 60.3 Å². The Morgan fingerprint density at radius 2 is 2.04 bits per heavy atom. The standard InChI is InChI=1S/C21H20FN3O2/c22-19-7-3-6-18(25-19)20(26)24-16-8-9-17-15(12-16)10-11-23-21(17)27-13-14-4-1-2-5-14/h3,6-12,14H,1-2,4-5,13H2,(H,24,26). The van der Waals surface area contributed by atoms with Crippen molar-refractivity contribution in [2.24, 2.45) is 5.92 Å². The minimum atomic E-state index is -0.684. The van der Waals surface area contributed by atoms with Gasteiger partial charge in [-0.1, -0.05) is 18.9 Å². The molecule has 1 aromatic carbocycles. The molecule has 0 bridgehead atoms. The van der Waals surface area contributed by atoms with E-state index in [2.05, 4.69) is 15.3 Å². The van der Waals surface area contributed by atoms with Gasteiger partial charge in [0.05, 0.1) is 6.61 Å². The van der Waals surface area contributed by atoms with E-state index in [0.717, 1.165) is 10.8 Å². The molecule has 1 saturated carbocycles. The highest BCUT2D eigenvalue weighted by atomic mass is 19.1. The van der Waals surface area contributed by atoms with Crippen LogP contribution in [0.15, 0.2) is 48.7 Å². The number of fused-ring (bicyclic) bond motifs is 1. The van der Waals surface area contributed by atoms with Crippen molar-refractivity contribution in [3.8, 4) is 5.88 Å². The van der Waals surface area contributed by atoms with Crippen LogP contribution in [0.3, 0.4) is 0 Å². The second-order valence-corrected chi connectivity index (χ2v) is 6.81. The van der Waals surface area contributed by atoms with Crippen LogP contribution in [0.5, 0.6) is 5.88 Å². The van der Waals surface area contributed by atoms with Gasteiger partial charge >= 0.3 is 0 Å². The van der Waals surface area contributed by atoms with Gasteiger partial charge in [0.25, 0.3) is 5.91 Å². The van der Waals surface area contributed by atoms with E-state index in [0.29, 0.717) is 24.1 Å². The van der Waals surface area contributed by atoms with E-state index in [-0.39, 0.29) is 5.69 Å². The van der Waals surface area contributed by atoms with Crippen molar-refractivity contribution >= 4 is 22.4 Å². The number of hydrogen-bond acceptors (Lipinski definition) is 4. The third kappa shape index (κ3) is 4.05. The molecule has 0 radical (unpaired) electrons. The number of anilines is 1. The van der Waals surface area contributed by atoms with Crippen LogP contribution >= 0.6 is 0 Å². The number of rotatable bonds is 5. The quantitative estimate of drug-likeness (QED) is 0.672. The molecule has 4 rings (SSSR count). The molecule has 1 fully saturated rings. The first kappa shape index (κ1) is 17.4. The fourth-order valence-electron chi connectivity index (χ4n) is 3.45. The molecule has 138 valence electrons. The summed E-state index contributed by atoms with van der Waals surface area (Å²) in [6.45, 7) is 0.690. The fraction of sp³-hybridized carbons (Fsp3) is 0.286. The first-order valence-electron chi connectivity index (χ1n) is 9.14. The number of halogens is 1. The van der Waals surface area contributed by atoms with Gasteiger partial charge in [-0.3, -0.25) is 4.79 Å². The Morgan fingerprint density at radius 3 is 2.85 bits per heavy atom. The van der Waals surface area contributed by atoms with Crippen LogP contribution in [0.2, 0.25) is 0 Å². The molecule has 0 aliphatic heterocycles. The van der Waals surface area contributed by atoms with Crippen LogP contribution in [0, 0.1) is 11.9 Å². The van der Waals surface area contributed by atoms with Gasteiger partial charge in [0.1, 0.15) is 5.69 Å². The van der Waals surface area contributed by atoms with Crippen molar-refractivity contribution in [1.82, 2.24) is 9.97 Å². The van der Waals surface area contributed by atoms with Crippen LogP contribution in [-0.4, -0.2) is 22.5 Å². The van der Waals surface area contributed by atoms with Gasteiger partial charge in [0, 0.05) is 17.3 Å². The van der Waals surface area contributed by atoms with Crippen molar-refractivity contribution in [3.63, 3.8) is 0 Å². The average Bonchev–Trinajstić information content (AvgIpc) is 3.19. The zero-order valence-electron chi connectivity index (χ0n) is 14.8. The molecule has 0 unspecified atom stereocenters. The zero-order valence-corrected chi connectivity index (χ0v) is 14.8. The summed E-state index contributed by atoms with van der Waals surface area (Å²) >= 11 is 0. The number of hydrogen-bond donors (Lipinski definition) is 1. The Bertz CT molecular complexity index is 971. The lowest BCUT2D eigenvalue weighted by molar-refractivity contribution is 0.102. The highest BCUT2D eigenvalue weighted by Crippen LogP contribution is 2.29. The summed E-state index contributed by atoms with van der Waals surface area (Å²) in [5.41, 5.74) is 0.636. The molecule has 1 aliphatic rings. The van der Waals surface area contributed by atoms with Crippen LogP contribution in [0.1, 0.15) is 36.2 Å². The Morgan fingerprint density at radius 1 is 1.19 bits per heavy atom. The van der Waals surface area contributed by atoms with E-state index in [1.54, 1.807) is 12.3 Å². The molecule has 0 spiro atoms. The molecule has 0 atom stereocenters. The number of amides is 1. The monoisotopic (exact) mass is 365 g/mol. The van der Waals surface area contributed by atoms with Gasteiger partial charge < -0.3 is 10.1 Å². The average molecular weight is 365 g/mol. The summed E-state index contributed by atoms with van der Waals surface area (Å²) in [4.78, 5) is 20.2. The van der Waals surface area contributed by atoms with Crippen molar-refractivity contribution in [2.75, 3.05) is 11.9 Å². The van der Waals surface area contributed by atoms with Crippen LogP contribution in [0.4, 0.5) is 10.1 Å². The molecule has 0 saturated heterocycles. The summed E-state index contributed by atoms with van der Waals surface area (Å²) in [6, 6.07) is 11.5. The number of nitrogens with zero attached hydrogens (tertiary/aromatic N) is 2. The third-order valence-electron chi connectivity index (χ3n) is 4.86. The minimum Gasteiger partial charge on any atom is -0.477 e. The molecule has 2 heterocycles. The van der Waals surface area contributed by atoms with Crippen LogP contribution in [-0.2, 0) is 0 Å². The largest absolute Gasteiger partial charge is 0.477 e. The molecule has 1 amide bonds. The van der Waals surface area contributed by atoms with E-state index in [1.807, 2.05) is 18.2 Å². The molecule has 27 heavy (non-hydrogen) atoms. The maximum atomic E-state index is 13.2. The smallest absolute Gasteiger partial charge is 0.274 e. The molecule has 3 aromatic rings. The lowest BCUT2D eigenvalue weighted by atomic mass is 10.1. The van der Waals surface area contributed by atoms with E-state index >= 15 is 0 Å². The first-order chi connectivity index (χ1) is 13.2. The first-order valence-corrected chi connectivity index (χ1v) is 9.14. The van der Waals surface area contributed by atoms with E-state index < -0.39 is 11.9 Å². The van der Waals surface area contributed by atoms with Crippen molar-refractivity contribution in [1.29, 1.82) is 0 Å². The number of carbonyl (C=O) groups excluding carboxylic acids is 1. The van der Waals surface area contributed by atoms with E-state index in [1.165, 1.54) is 43.9 Å². The van der Waals surface area contributed by atoms with Gasteiger partial charge in [-0.2, -0.15) is 4.39 Å².